The van der Waals surface area contributed by atoms with Gasteiger partial charge in [0.1, 0.15) is 11.9 Å². The standard InChI is InChI=1S/C28H32O5/c1-15-18-11-22-27(5)9-7-23(31)26(3,4)21(27)13-24(33-16(2)29)28(22,6)19(18)12-20(30)25(15)17-8-10-32-14-17/h7-10,12,14,21-22,24,30H,11,13H2,1-6H3. The summed E-state index contributed by atoms with van der Waals surface area (Å²) in [6.45, 7) is 12.0. The van der Waals surface area contributed by atoms with Crippen LogP contribution in [-0.2, 0) is 26.2 Å². The molecule has 0 amide bonds. The summed E-state index contributed by atoms with van der Waals surface area (Å²) in [6.07, 6.45) is 8.14. The third-order valence-electron chi connectivity index (χ3n) is 9.24. The molecule has 1 fully saturated rings. The average molecular weight is 449 g/mol. The van der Waals surface area contributed by atoms with Crippen LogP contribution < -0.4 is 0 Å². The van der Waals surface area contributed by atoms with Crippen LogP contribution >= 0.6 is 0 Å². The second-order valence-electron chi connectivity index (χ2n) is 11.1. The van der Waals surface area contributed by atoms with E-state index in [2.05, 4.69) is 19.9 Å². The lowest BCUT2D eigenvalue weighted by atomic mass is 9.44. The summed E-state index contributed by atoms with van der Waals surface area (Å²) in [5, 5.41) is 11.1. The zero-order valence-electron chi connectivity index (χ0n) is 20.2. The molecule has 5 nitrogen and oxygen atoms in total. The van der Waals surface area contributed by atoms with Crippen LogP contribution in [-0.4, -0.2) is 23.0 Å². The van der Waals surface area contributed by atoms with Crippen LogP contribution in [0, 0.1) is 29.6 Å². The Hall–Kier alpha value is -2.82. The van der Waals surface area contributed by atoms with Gasteiger partial charge in [0, 0.05) is 28.9 Å². The molecule has 0 radical (unpaired) electrons. The molecule has 3 aliphatic rings. The Bertz CT molecular complexity index is 1190. The van der Waals surface area contributed by atoms with E-state index in [0.717, 1.165) is 28.7 Å². The van der Waals surface area contributed by atoms with E-state index >= 15 is 0 Å². The summed E-state index contributed by atoms with van der Waals surface area (Å²) in [6, 6.07) is 3.73. The van der Waals surface area contributed by atoms with Crippen molar-refractivity contribution in [3.05, 3.63) is 53.5 Å². The monoisotopic (exact) mass is 448 g/mol. The van der Waals surface area contributed by atoms with Crippen molar-refractivity contribution in [2.24, 2.45) is 22.7 Å². The molecule has 5 heteroatoms. The maximum absolute atomic E-state index is 12.9. The predicted octanol–water partition coefficient (Wildman–Crippen LogP) is 5.51. The molecule has 0 bridgehead atoms. The van der Waals surface area contributed by atoms with E-state index in [0.29, 0.717) is 6.42 Å². The minimum atomic E-state index is -0.545. The number of carbonyl (C=O) groups excluding carboxylic acids is 2. The summed E-state index contributed by atoms with van der Waals surface area (Å²) in [7, 11) is 0. The normalized spacial score (nSPS) is 33.9. The van der Waals surface area contributed by atoms with E-state index in [1.165, 1.54) is 12.5 Å². The smallest absolute Gasteiger partial charge is 0.302 e. The first kappa shape index (κ1) is 22.0. The average Bonchev–Trinajstić information content (AvgIpc) is 3.35. The number of phenolic OH excluding ortho intramolecular Hbond substituents is 1. The number of fused-ring (bicyclic) bond motifs is 5. The van der Waals surface area contributed by atoms with Crippen LogP contribution in [0.2, 0.25) is 0 Å². The van der Waals surface area contributed by atoms with Gasteiger partial charge in [0.05, 0.1) is 12.5 Å². The number of aromatic hydroxyl groups is 1. The van der Waals surface area contributed by atoms with Crippen molar-refractivity contribution >= 4 is 11.8 Å². The highest BCUT2D eigenvalue weighted by molar-refractivity contribution is 5.96. The van der Waals surface area contributed by atoms with Crippen LogP contribution in [0.15, 0.2) is 41.2 Å². The van der Waals surface area contributed by atoms with Crippen molar-refractivity contribution in [3.63, 3.8) is 0 Å². The van der Waals surface area contributed by atoms with Gasteiger partial charge in [0.2, 0.25) is 0 Å². The van der Waals surface area contributed by atoms with E-state index in [1.807, 2.05) is 32.9 Å². The van der Waals surface area contributed by atoms with Crippen molar-refractivity contribution in [1.29, 1.82) is 0 Å². The van der Waals surface area contributed by atoms with Crippen molar-refractivity contribution in [2.75, 3.05) is 0 Å². The number of allylic oxidation sites excluding steroid dienone is 2. The number of benzene rings is 1. The van der Waals surface area contributed by atoms with Gasteiger partial charge in [-0.15, -0.1) is 0 Å². The van der Waals surface area contributed by atoms with Crippen LogP contribution in [0.5, 0.6) is 5.75 Å². The Morgan fingerprint density at radius 2 is 1.94 bits per heavy atom. The fourth-order valence-corrected chi connectivity index (χ4v) is 7.50. The maximum Gasteiger partial charge on any atom is 0.302 e. The second-order valence-corrected chi connectivity index (χ2v) is 11.1. The van der Waals surface area contributed by atoms with Crippen molar-refractivity contribution < 1.29 is 23.8 Å². The summed E-state index contributed by atoms with van der Waals surface area (Å²) in [5.74, 6) is 0.175. The van der Waals surface area contributed by atoms with Gasteiger partial charge in [-0.25, -0.2) is 0 Å². The molecular weight excluding hydrogens is 416 g/mol. The third-order valence-corrected chi connectivity index (χ3v) is 9.24. The van der Waals surface area contributed by atoms with Gasteiger partial charge in [-0.2, -0.15) is 0 Å². The molecule has 5 unspecified atom stereocenters. The number of rotatable bonds is 2. The molecule has 174 valence electrons. The zero-order chi connectivity index (χ0) is 23.9. The minimum Gasteiger partial charge on any atom is -0.507 e. The number of hydrogen-bond acceptors (Lipinski definition) is 5. The van der Waals surface area contributed by atoms with E-state index in [4.69, 9.17) is 9.15 Å². The largest absolute Gasteiger partial charge is 0.507 e. The molecule has 1 aromatic heterocycles. The molecular formula is C28H32O5. The van der Waals surface area contributed by atoms with Crippen molar-refractivity contribution in [3.8, 4) is 16.9 Å². The van der Waals surface area contributed by atoms with E-state index in [1.54, 1.807) is 18.6 Å². The number of hydrogen-bond donors (Lipinski definition) is 1. The topological polar surface area (TPSA) is 76.7 Å². The van der Waals surface area contributed by atoms with Crippen LogP contribution in [0.3, 0.4) is 0 Å². The Morgan fingerprint density at radius 3 is 2.58 bits per heavy atom. The minimum absolute atomic E-state index is 0.0430. The van der Waals surface area contributed by atoms with E-state index < -0.39 is 10.8 Å². The first-order valence-corrected chi connectivity index (χ1v) is 11.7. The highest BCUT2D eigenvalue weighted by Gasteiger charge is 2.66. The molecule has 3 aliphatic carbocycles. The molecule has 1 heterocycles. The number of carbonyl (C=O) groups is 2. The van der Waals surface area contributed by atoms with Crippen LogP contribution in [0.1, 0.15) is 57.7 Å². The quantitative estimate of drug-likeness (QED) is 0.613. The molecule has 1 N–H and O–H groups in total. The third kappa shape index (κ3) is 2.77. The Kier molecular flexibility index (Phi) is 4.56. The molecule has 5 atom stereocenters. The zero-order valence-corrected chi connectivity index (χ0v) is 20.2. The summed E-state index contributed by atoms with van der Waals surface area (Å²) >= 11 is 0. The summed E-state index contributed by atoms with van der Waals surface area (Å²) in [5.41, 5.74) is 3.62. The van der Waals surface area contributed by atoms with Crippen molar-refractivity contribution in [1.82, 2.24) is 0 Å². The van der Waals surface area contributed by atoms with Gasteiger partial charge < -0.3 is 14.3 Å². The first-order valence-electron chi connectivity index (χ1n) is 11.7. The maximum atomic E-state index is 12.9. The number of furan rings is 1. The highest BCUT2D eigenvalue weighted by Crippen LogP contribution is 2.66. The predicted molar refractivity (Wildman–Crippen MR) is 125 cm³/mol. The fourth-order valence-electron chi connectivity index (χ4n) is 7.50. The van der Waals surface area contributed by atoms with E-state index in [-0.39, 0.29) is 40.9 Å². The first-order chi connectivity index (χ1) is 15.4. The van der Waals surface area contributed by atoms with Gasteiger partial charge in [0.15, 0.2) is 5.78 Å². The van der Waals surface area contributed by atoms with Gasteiger partial charge in [-0.3, -0.25) is 9.59 Å². The van der Waals surface area contributed by atoms with Gasteiger partial charge >= 0.3 is 5.97 Å². The Morgan fingerprint density at radius 1 is 1.21 bits per heavy atom. The number of ketones is 1. The van der Waals surface area contributed by atoms with Crippen LogP contribution in [0.25, 0.3) is 11.1 Å². The number of ether oxygens (including phenoxy) is 1. The number of phenols is 1. The van der Waals surface area contributed by atoms with E-state index in [9.17, 15) is 14.7 Å². The molecule has 5 rings (SSSR count). The SMILES string of the molecule is CC(=O)OC1CC2C(C)(C)C(=O)C=CC2(C)C2Cc3c(cc(O)c(-c4ccoc4)c3C)C12C. The highest BCUT2D eigenvalue weighted by atomic mass is 16.5. The Balaban J connectivity index is 1.74. The molecule has 0 saturated heterocycles. The molecule has 1 aromatic carbocycles. The van der Waals surface area contributed by atoms with Gasteiger partial charge in [-0.05, 0) is 71.9 Å². The lowest BCUT2D eigenvalue weighted by Gasteiger charge is -2.60. The summed E-state index contributed by atoms with van der Waals surface area (Å²) < 4.78 is 11.3. The fraction of sp³-hybridized carbons (Fsp3) is 0.500. The summed E-state index contributed by atoms with van der Waals surface area (Å²) in [4.78, 5) is 25.1. The molecule has 1 saturated carbocycles. The van der Waals surface area contributed by atoms with Gasteiger partial charge in [-0.1, -0.05) is 33.8 Å². The lowest BCUT2D eigenvalue weighted by molar-refractivity contribution is -0.169. The number of esters is 1. The molecule has 33 heavy (non-hydrogen) atoms. The lowest BCUT2D eigenvalue weighted by Crippen LogP contribution is -2.61. The Labute approximate surface area is 194 Å². The molecule has 2 aromatic rings. The van der Waals surface area contributed by atoms with Crippen LogP contribution in [0.4, 0.5) is 0 Å². The molecule has 0 spiro atoms. The van der Waals surface area contributed by atoms with Crippen molar-refractivity contribution in [2.45, 2.75) is 65.9 Å². The second kappa shape index (κ2) is 6.85. The van der Waals surface area contributed by atoms with Gasteiger partial charge in [0.25, 0.3) is 0 Å². The molecule has 0 aliphatic heterocycles.